The molecule has 0 bridgehead atoms. The van der Waals surface area contributed by atoms with E-state index < -0.39 is 52.3 Å². The summed E-state index contributed by atoms with van der Waals surface area (Å²) in [6, 6.07) is 6.39. The van der Waals surface area contributed by atoms with Gasteiger partial charge in [0.15, 0.2) is 17.5 Å². The van der Waals surface area contributed by atoms with E-state index in [-0.39, 0.29) is 35.4 Å². The van der Waals surface area contributed by atoms with Crippen molar-refractivity contribution in [1.82, 2.24) is 0 Å². The quantitative estimate of drug-likeness (QED) is 0.115. The second-order valence-electron chi connectivity index (χ2n) is 12.7. The monoisotopic (exact) mass is 666 g/mol. The first kappa shape index (κ1) is 34.9. The molecule has 0 aromatic heterocycles. The molecule has 1 saturated carbocycles. The highest BCUT2D eigenvalue weighted by atomic mass is 19.3. The average Bonchev–Trinajstić information content (AvgIpc) is 3.03. The van der Waals surface area contributed by atoms with E-state index in [2.05, 4.69) is 11.7 Å². The van der Waals surface area contributed by atoms with Crippen LogP contribution in [0.25, 0.3) is 17.2 Å². The van der Waals surface area contributed by atoms with E-state index >= 15 is 4.39 Å². The zero-order valence-electron chi connectivity index (χ0n) is 26.1. The molecule has 254 valence electrons. The molecule has 2 nitrogen and oxygen atoms in total. The summed E-state index contributed by atoms with van der Waals surface area (Å²) in [6.07, 6.45) is 7.76. The van der Waals surface area contributed by atoms with Crippen LogP contribution in [0.2, 0.25) is 0 Å². The van der Waals surface area contributed by atoms with Crippen LogP contribution in [0.3, 0.4) is 0 Å². The summed E-state index contributed by atoms with van der Waals surface area (Å²) in [6.45, 7) is 2.84. The van der Waals surface area contributed by atoms with E-state index in [9.17, 15) is 30.7 Å². The molecule has 2 atom stereocenters. The van der Waals surface area contributed by atoms with Crippen molar-refractivity contribution in [2.45, 2.75) is 83.3 Å². The molecular formula is C37H38F8O2. The van der Waals surface area contributed by atoms with Crippen LogP contribution >= 0.6 is 0 Å². The van der Waals surface area contributed by atoms with Crippen molar-refractivity contribution in [3.8, 4) is 16.9 Å². The van der Waals surface area contributed by atoms with E-state index in [1.807, 2.05) is 0 Å². The Morgan fingerprint density at radius 1 is 0.766 bits per heavy atom. The Kier molecular flexibility index (Phi) is 11.3. The standard InChI is InChI=1S/C37H38F8O2/c1-2-3-4-5-22-6-8-23(9-7-22)25-11-13-35(46-21-25)24-10-12-28(30(38)16-24)26-17-31(39)29(32(40)18-26)14-15-37(44,45)47-27-19-33(41)36(43)34(42)20-27/h10,12,14-20,22-23,25,35H,2-9,11,13,21H2,1H3/b15-14+. The van der Waals surface area contributed by atoms with Crippen molar-refractivity contribution in [1.29, 1.82) is 0 Å². The summed E-state index contributed by atoms with van der Waals surface area (Å²) < 4.78 is 124. The first-order valence-corrected chi connectivity index (χ1v) is 16.2. The van der Waals surface area contributed by atoms with Crippen molar-refractivity contribution in [3.63, 3.8) is 0 Å². The normalized spacial score (nSPS) is 22.1. The first-order chi connectivity index (χ1) is 22.4. The minimum absolute atomic E-state index is 0.0307. The Bertz CT molecular complexity index is 1510. The minimum Gasteiger partial charge on any atom is -0.429 e. The molecule has 1 aliphatic heterocycles. The number of hydrogen-bond acceptors (Lipinski definition) is 2. The van der Waals surface area contributed by atoms with Crippen molar-refractivity contribution >= 4 is 6.08 Å². The SMILES string of the molecule is CCCCCC1CCC(C2CCC(c3ccc(-c4cc(F)c(/C=C/C(F)(F)Oc5cc(F)c(F)c(F)c5)c(F)c4)c(F)c3)OC2)CC1. The Morgan fingerprint density at radius 2 is 1.43 bits per heavy atom. The van der Waals surface area contributed by atoms with E-state index in [1.54, 1.807) is 6.07 Å². The van der Waals surface area contributed by atoms with Crippen LogP contribution in [-0.2, 0) is 4.74 Å². The lowest BCUT2D eigenvalue weighted by atomic mass is 9.72. The number of ether oxygens (including phenoxy) is 2. The van der Waals surface area contributed by atoms with E-state index in [0.29, 0.717) is 30.1 Å². The summed E-state index contributed by atoms with van der Waals surface area (Å²) in [5.74, 6) is -7.67. The molecule has 2 unspecified atom stereocenters. The van der Waals surface area contributed by atoms with Gasteiger partial charge in [-0.05, 0) is 78.8 Å². The van der Waals surface area contributed by atoms with Crippen LogP contribution in [0.1, 0.15) is 88.4 Å². The predicted octanol–water partition coefficient (Wildman–Crippen LogP) is 11.7. The van der Waals surface area contributed by atoms with Crippen LogP contribution in [-0.4, -0.2) is 12.7 Å². The maximum absolute atomic E-state index is 15.3. The fourth-order valence-electron chi connectivity index (χ4n) is 6.87. The maximum Gasteiger partial charge on any atom is 0.419 e. The molecule has 0 radical (unpaired) electrons. The Labute approximate surface area is 269 Å². The van der Waals surface area contributed by atoms with Gasteiger partial charge < -0.3 is 9.47 Å². The van der Waals surface area contributed by atoms with Crippen molar-refractivity contribution in [2.75, 3.05) is 6.61 Å². The van der Waals surface area contributed by atoms with Gasteiger partial charge in [-0.1, -0.05) is 57.6 Å². The molecule has 3 aromatic rings. The van der Waals surface area contributed by atoms with Gasteiger partial charge in [0.05, 0.1) is 12.7 Å². The van der Waals surface area contributed by atoms with E-state index in [4.69, 9.17) is 4.74 Å². The highest BCUT2D eigenvalue weighted by Gasteiger charge is 2.32. The third-order valence-electron chi connectivity index (χ3n) is 9.50. The molecule has 1 heterocycles. The van der Waals surface area contributed by atoms with Gasteiger partial charge in [-0.3, -0.25) is 0 Å². The zero-order valence-corrected chi connectivity index (χ0v) is 26.1. The van der Waals surface area contributed by atoms with Gasteiger partial charge in [0, 0.05) is 29.3 Å². The molecule has 10 heteroatoms. The summed E-state index contributed by atoms with van der Waals surface area (Å²) in [5, 5.41) is 0. The number of alkyl halides is 2. The molecule has 3 aromatic carbocycles. The molecule has 2 aliphatic rings. The second-order valence-corrected chi connectivity index (χ2v) is 12.7. The number of hydrogen-bond donors (Lipinski definition) is 0. The molecule has 0 amide bonds. The minimum atomic E-state index is -4.27. The van der Waals surface area contributed by atoms with Gasteiger partial charge in [-0.2, -0.15) is 8.78 Å². The second kappa shape index (κ2) is 15.2. The van der Waals surface area contributed by atoms with Crippen LogP contribution < -0.4 is 4.74 Å². The van der Waals surface area contributed by atoms with Crippen molar-refractivity contribution in [2.24, 2.45) is 17.8 Å². The molecule has 47 heavy (non-hydrogen) atoms. The highest BCUT2D eigenvalue weighted by Crippen LogP contribution is 2.42. The van der Waals surface area contributed by atoms with Gasteiger partial charge in [-0.25, -0.2) is 26.3 Å². The van der Waals surface area contributed by atoms with Gasteiger partial charge in [0.1, 0.15) is 23.2 Å². The summed E-state index contributed by atoms with van der Waals surface area (Å²) in [5.41, 5.74) is -0.467. The topological polar surface area (TPSA) is 18.5 Å². The Morgan fingerprint density at radius 3 is 2.02 bits per heavy atom. The van der Waals surface area contributed by atoms with Crippen molar-refractivity contribution < 1.29 is 44.6 Å². The Balaban J connectivity index is 1.19. The molecule has 0 spiro atoms. The first-order valence-electron chi connectivity index (χ1n) is 16.2. The lowest BCUT2D eigenvalue weighted by molar-refractivity contribution is -0.131. The maximum atomic E-state index is 15.3. The smallest absolute Gasteiger partial charge is 0.419 e. The van der Waals surface area contributed by atoms with Crippen LogP contribution in [0, 0.1) is 52.7 Å². The van der Waals surface area contributed by atoms with Gasteiger partial charge in [0.25, 0.3) is 0 Å². The van der Waals surface area contributed by atoms with Gasteiger partial charge in [0.2, 0.25) is 0 Å². The van der Waals surface area contributed by atoms with Gasteiger partial charge in [-0.15, -0.1) is 0 Å². The molecule has 2 fully saturated rings. The lowest BCUT2D eigenvalue weighted by Gasteiger charge is -2.38. The molecule has 5 rings (SSSR count). The third kappa shape index (κ3) is 8.75. The lowest BCUT2D eigenvalue weighted by Crippen LogP contribution is -2.29. The van der Waals surface area contributed by atoms with E-state index in [0.717, 1.165) is 30.9 Å². The molecular weight excluding hydrogens is 628 g/mol. The number of rotatable bonds is 11. The molecule has 0 N–H and O–H groups in total. The summed E-state index contributed by atoms with van der Waals surface area (Å²) in [7, 11) is 0. The zero-order chi connectivity index (χ0) is 33.7. The highest BCUT2D eigenvalue weighted by molar-refractivity contribution is 5.67. The summed E-state index contributed by atoms with van der Waals surface area (Å²) >= 11 is 0. The third-order valence-corrected chi connectivity index (χ3v) is 9.50. The number of halogens is 8. The molecule has 1 saturated heterocycles. The number of benzene rings is 3. The number of unbranched alkanes of at least 4 members (excludes halogenated alkanes) is 2. The Hall–Kier alpha value is -3.40. The fourth-order valence-corrected chi connectivity index (χ4v) is 6.87. The summed E-state index contributed by atoms with van der Waals surface area (Å²) in [4.78, 5) is 0. The average molecular weight is 667 g/mol. The fraction of sp³-hybridized carbons (Fsp3) is 0.459. The van der Waals surface area contributed by atoms with Crippen LogP contribution in [0.4, 0.5) is 35.1 Å². The van der Waals surface area contributed by atoms with Crippen LogP contribution in [0.15, 0.2) is 48.5 Å². The van der Waals surface area contributed by atoms with Crippen molar-refractivity contribution in [3.05, 3.63) is 94.6 Å². The molecule has 1 aliphatic carbocycles. The predicted molar refractivity (Wildman–Crippen MR) is 164 cm³/mol. The van der Waals surface area contributed by atoms with Gasteiger partial charge >= 0.3 is 6.11 Å². The van der Waals surface area contributed by atoms with Crippen LogP contribution in [0.5, 0.6) is 5.75 Å². The largest absolute Gasteiger partial charge is 0.429 e. The van der Waals surface area contributed by atoms with E-state index in [1.165, 1.54) is 63.5 Å².